The fraction of sp³-hybridized carbons (Fsp3) is 0.889. The average Bonchev–Trinajstić information content (AvgIpc) is 3.45. The van der Waals surface area contributed by atoms with E-state index >= 15 is 0 Å². The third-order valence-corrected chi connectivity index (χ3v) is 15.6. The van der Waals surface area contributed by atoms with Crippen molar-refractivity contribution in [3.8, 4) is 0 Å². The number of esters is 3. The minimum atomic E-state index is -1.07. The summed E-state index contributed by atoms with van der Waals surface area (Å²) in [5, 5.41) is 0. The third-order valence-electron chi connectivity index (χ3n) is 15.6. The molecule has 0 bridgehead atoms. The van der Waals surface area contributed by atoms with Crippen LogP contribution in [0.25, 0.3) is 0 Å². The van der Waals surface area contributed by atoms with Gasteiger partial charge in [0.25, 0.3) is 0 Å². The molecule has 5 fully saturated rings. The van der Waals surface area contributed by atoms with Gasteiger partial charge in [-0.25, -0.2) is 0 Å². The molecule has 2 heterocycles. The molecule has 9 nitrogen and oxygen atoms in total. The number of quaternary nitrogens is 1. The van der Waals surface area contributed by atoms with Gasteiger partial charge in [-0.15, -0.1) is 0 Å². The van der Waals surface area contributed by atoms with Crippen LogP contribution in [0.3, 0.4) is 0 Å². The van der Waals surface area contributed by atoms with Crippen molar-refractivity contribution in [2.75, 3.05) is 26.7 Å². The van der Waals surface area contributed by atoms with E-state index in [1.165, 1.54) is 77.7 Å². The van der Waals surface area contributed by atoms with Gasteiger partial charge in [-0.05, 0) is 117 Å². The van der Waals surface area contributed by atoms with Crippen LogP contribution in [0, 0.1) is 46.3 Å². The van der Waals surface area contributed by atoms with E-state index in [4.69, 9.17) is 23.7 Å². The smallest absolute Gasteiger partial charge is 0.303 e. The average molecular weight is 757 g/mol. The number of hydrogen-bond donors (Lipinski definition) is 0. The number of fused-ring (bicyclic) bond motifs is 5. The molecule has 0 radical (unpaired) electrons. The number of hydrogen-bond acceptors (Lipinski definition) is 8. The Morgan fingerprint density at radius 3 is 2.17 bits per heavy atom. The number of rotatable bonds is 12. The van der Waals surface area contributed by atoms with Crippen molar-refractivity contribution in [2.45, 2.75) is 182 Å². The van der Waals surface area contributed by atoms with Crippen LogP contribution in [0.15, 0.2) is 11.6 Å². The highest BCUT2D eigenvalue weighted by Gasteiger charge is 2.60. The second-order valence-corrected chi connectivity index (χ2v) is 19.9. The van der Waals surface area contributed by atoms with Gasteiger partial charge in [-0.2, -0.15) is 0 Å². The maximum Gasteiger partial charge on any atom is 0.303 e. The normalized spacial score (nSPS) is 40.7. The second kappa shape index (κ2) is 16.9. The largest absolute Gasteiger partial charge is 0.455 e. The molecule has 0 N–H and O–H groups in total. The lowest BCUT2D eigenvalue weighted by molar-refractivity contribution is -0.917. The van der Waals surface area contributed by atoms with Crippen molar-refractivity contribution < 1.29 is 42.6 Å². The van der Waals surface area contributed by atoms with Gasteiger partial charge in [0.05, 0.1) is 26.2 Å². The van der Waals surface area contributed by atoms with E-state index in [1.54, 1.807) is 0 Å². The number of carbonyl (C=O) groups is 3. The lowest BCUT2D eigenvalue weighted by Crippen LogP contribution is -2.66. The Balaban J connectivity index is 1.19. The molecule has 9 heteroatoms. The fourth-order valence-corrected chi connectivity index (χ4v) is 13.0. The molecule has 2 aliphatic heterocycles. The Hall–Kier alpha value is -1.97. The highest BCUT2D eigenvalue weighted by molar-refractivity contribution is 5.68. The summed E-state index contributed by atoms with van der Waals surface area (Å²) in [5.41, 5.74) is 2.12. The van der Waals surface area contributed by atoms with E-state index in [2.05, 4.69) is 47.7 Å². The highest BCUT2D eigenvalue weighted by Crippen LogP contribution is 2.67. The molecule has 0 aromatic rings. The summed E-state index contributed by atoms with van der Waals surface area (Å²) < 4.78 is 32.0. The molecule has 0 amide bonds. The van der Waals surface area contributed by atoms with Crippen molar-refractivity contribution in [3.63, 3.8) is 0 Å². The lowest BCUT2D eigenvalue weighted by atomic mass is 9.47. The third kappa shape index (κ3) is 8.78. The summed E-state index contributed by atoms with van der Waals surface area (Å²) in [5.74, 6) is 3.11. The van der Waals surface area contributed by atoms with Gasteiger partial charge in [0.15, 0.2) is 30.7 Å². The number of allylic oxidation sites excluding steroid dienone is 1. The Morgan fingerprint density at radius 2 is 1.50 bits per heavy atom. The second-order valence-electron chi connectivity index (χ2n) is 19.9. The van der Waals surface area contributed by atoms with E-state index in [1.807, 2.05) is 0 Å². The van der Waals surface area contributed by atoms with E-state index in [0.29, 0.717) is 17.9 Å². The maximum atomic E-state index is 12.6. The van der Waals surface area contributed by atoms with Crippen molar-refractivity contribution in [3.05, 3.63) is 11.6 Å². The molecule has 0 aromatic heterocycles. The Kier molecular flexibility index (Phi) is 13.0. The zero-order chi connectivity index (χ0) is 39.0. The van der Waals surface area contributed by atoms with Gasteiger partial charge in [0.1, 0.15) is 6.54 Å². The summed E-state index contributed by atoms with van der Waals surface area (Å²) in [7, 11) is 2.21. The molecule has 6 rings (SSSR count). The van der Waals surface area contributed by atoms with Crippen LogP contribution in [-0.4, -0.2) is 85.9 Å². The first kappa shape index (κ1) is 41.7. The predicted octanol–water partition coefficient (Wildman–Crippen LogP) is 8.56. The van der Waals surface area contributed by atoms with Gasteiger partial charge < -0.3 is 28.2 Å². The van der Waals surface area contributed by atoms with Crippen LogP contribution in [0.4, 0.5) is 0 Å². The summed E-state index contributed by atoms with van der Waals surface area (Å²) in [6.45, 7) is 19.0. The molecular formula is C45H74NO8+. The monoisotopic (exact) mass is 757 g/mol. The predicted molar refractivity (Wildman–Crippen MR) is 208 cm³/mol. The molecular weight excluding hydrogens is 682 g/mol. The summed E-state index contributed by atoms with van der Waals surface area (Å²) in [4.78, 5) is 37.6. The maximum absolute atomic E-state index is 12.6. The number of nitrogens with zero attached hydrogens (tertiary/aromatic N) is 1. The van der Waals surface area contributed by atoms with Crippen LogP contribution in [-0.2, 0) is 38.1 Å². The number of piperidine rings is 1. The summed E-state index contributed by atoms with van der Waals surface area (Å²) in [6, 6.07) is 0. The molecule has 0 aromatic carbocycles. The standard InChI is InChI=1S/C45H74NO8/c1-28(2)14-13-15-29(3)36-18-19-37-35-17-16-33-26-34(20-22-44(33,7)38(35)21-23-45(36,37)8)53-43-42(52-32(6)49)41(51-31(5)48)40(50-30(4)47)39(54-43)27-46(9)24-11-10-12-25-46/h16,28-29,34-43H,10-15,17-27H2,1-9H3/q+1/t29-,34+,35+,36-,37+,38+,39-,40-,41+,42-,43-,44+,45-/m1/s1. The number of likely N-dealkylation sites (tertiary alicyclic amines) is 1. The molecule has 13 atom stereocenters. The minimum Gasteiger partial charge on any atom is -0.455 e. The van der Waals surface area contributed by atoms with Crippen LogP contribution in [0.5, 0.6) is 0 Å². The summed E-state index contributed by atoms with van der Waals surface area (Å²) in [6.07, 6.45) is 14.6. The zero-order valence-electron chi connectivity index (χ0n) is 35.2. The van der Waals surface area contributed by atoms with Crippen molar-refractivity contribution in [1.29, 1.82) is 0 Å². The molecule has 2 saturated heterocycles. The van der Waals surface area contributed by atoms with Crippen LogP contribution < -0.4 is 0 Å². The molecule has 4 aliphatic carbocycles. The fourth-order valence-electron chi connectivity index (χ4n) is 13.0. The van der Waals surface area contributed by atoms with Gasteiger partial charge in [0.2, 0.25) is 0 Å². The Morgan fingerprint density at radius 1 is 0.833 bits per heavy atom. The van der Waals surface area contributed by atoms with Crippen LogP contribution >= 0.6 is 0 Å². The Bertz CT molecular complexity index is 1370. The molecule has 0 spiro atoms. The molecule has 54 heavy (non-hydrogen) atoms. The minimum absolute atomic E-state index is 0.135. The molecule has 0 unspecified atom stereocenters. The van der Waals surface area contributed by atoms with Gasteiger partial charge >= 0.3 is 17.9 Å². The zero-order valence-corrected chi connectivity index (χ0v) is 35.2. The number of likely N-dealkylation sites (N-methyl/N-ethyl adjacent to an activating group) is 1. The molecule has 3 saturated carbocycles. The van der Waals surface area contributed by atoms with Gasteiger partial charge in [-0.1, -0.05) is 65.5 Å². The molecule has 306 valence electrons. The van der Waals surface area contributed by atoms with Crippen LogP contribution in [0.2, 0.25) is 0 Å². The van der Waals surface area contributed by atoms with Crippen molar-refractivity contribution in [1.82, 2.24) is 0 Å². The first-order valence-electron chi connectivity index (χ1n) is 21.9. The Labute approximate surface area is 326 Å². The van der Waals surface area contributed by atoms with E-state index < -0.39 is 48.6 Å². The molecule has 6 aliphatic rings. The van der Waals surface area contributed by atoms with Gasteiger partial charge in [-0.3, -0.25) is 14.4 Å². The number of ether oxygens (including phenoxy) is 5. The quantitative estimate of drug-likeness (QED) is 0.0846. The van der Waals surface area contributed by atoms with Crippen LogP contribution in [0.1, 0.15) is 145 Å². The topological polar surface area (TPSA) is 97.4 Å². The first-order chi connectivity index (χ1) is 25.5. The van der Waals surface area contributed by atoms with E-state index in [0.717, 1.165) is 85.7 Å². The highest BCUT2D eigenvalue weighted by atomic mass is 16.7. The van der Waals surface area contributed by atoms with Crippen molar-refractivity contribution >= 4 is 17.9 Å². The SMILES string of the molecule is CC(=O)O[C@@H]1[C@@H](OC(C)=O)[C@H](O[C@H]2CC[C@@]3(C)C(=CC[C@H]4[C@@H]5CC[C@H]([C@H](C)CCCC(C)C)[C@@]5(C)CC[C@@H]43)C2)O[C@H](C[N+]2(C)CCCCC2)[C@H]1OC(C)=O. The van der Waals surface area contributed by atoms with Crippen molar-refractivity contribution in [2.24, 2.45) is 46.3 Å². The summed E-state index contributed by atoms with van der Waals surface area (Å²) >= 11 is 0. The first-order valence-corrected chi connectivity index (χ1v) is 21.9. The lowest BCUT2D eigenvalue weighted by Gasteiger charge is -2.58. The van der Waals surface area contributed by atoms with E-state index in [9.17, 15) is 14.4 Å². The van der Waals surface area contributed by atoms with E-state index in [-0.39, 0.29) is 11.5 Å². The number of carbonyl (C=O) groups excluding carboxylic acids is 3. The van der Waals surface area contributed by atoms with Gasteiger partial charge in [0, 0.05) is 20.8 Å².